The van der Waals surface area contributed by atoms with Gasteiger partial charge in [-0.15, -0.1) is 6.58 Å². The first kappa shape index (κ1) is 18.2. The number of nitrogens with zero attached hydrogens (tertiary/aromatic N) is 2. The summed E-state index contributed by atoms with van der Waals surface area (Å²) >= 11 is 0. The van der Waals surface area contributed by atoms with Crippen LogP contribution in [0.5, 0.6) is 11.5 Å². The number of rotatable bonds is 7. The van der Waals surface area contributed by atoms with Gasteiger partial charge in [0, 0.05) is 57.0 Å². The van der Waals surface area contributed by atoms with Gasteiger partial charge < -0.3 is 14.2 Å². The van der Waals surface area contributed by atoms with E-state index in [1.165, 1.54) is 12.0 Å². The molecule has 4 rings (SSSR count). The summed E-state index contributed by atoms with van der Waals surface area (Å²) in [6.45, 7) is 7.84. The van der Waals surface area contributed by atoms with Gasteiger partial charge in [-0.2, -0.15) is 0 Å². The Morgan fingerprint density at radius 3 is 2.64 bits per heavy atom. The Morgan fingerprint density at radius 2 is 1.96 bits per heavy atom. The van der Waals surface area contributed by atoms with Crippen LogP contribution in [0.2, 0.25) is 0 Å². The Balaban J connectivity index is 1.81. The molecule has 0 N–H and O–H groups in total. The molecule has 1 aromatic carbocycles. The van der Waals surface area contributed by atoms with Crippen molar-refractivity contribution in [1.29, 1.82) is 0 Å². The van der Waals surface area contributed by atoms with Gasteiger partial charge in [0.25, 0.3) is 0 Å². The van der Waals surface area contributed by atoms with Gasteiger partial charge in [-0.3, -0.25) is 9.80 Å². The first-order valence-corrected chi connectivity index (χ1v) is 9.02. The highest BCUT2D eigenvalue weighted by molar-refractivity contribution is 5.40. The first-order chi connectivity index (χ1) is 12.2. The van der Waals surface area contributed by atoms with Gasteiger partial charge in [-0.05, 0) is 18.9 Å². The van der Waals surface area contributed by atoms with Crippen LogP contribution in [0.15, 0.2) is 30.9 Å². The van der Waals surface area contributed by atoms with Crippen LogP contribution in [0.4, 0.5) is 0 Å². The number of hydrogen-bond acceptors (Lipinski definition) is 5. The molecule has 1 aromatic rings. The highest BCUT2D eigenvalue weighted by Crippen LogP contribution is 2.33. The van der Waals surface area contributed by atoms with Gasteiger partial charge in [-0.1, -0.05) is 12.1 Å². The third-order valence-electron chi connectivity index (χ3n) is 5.60. The van der Waals surface area contributed by atoms with Crippen LogP contribution in [0.1, 0.15) is 18.4 Å². The van der Waals surface area contributed by atoms with Gasteiger partial charge in [0.2, 0.25) is 0 Å². The van der Waals surface area contributed by atoms with Crippen LogP contribution in [0, 0.1) is 0 Å². The smallest absolute Gasteiger partial charge is 0.127 e. The second-order valence-electron chi connectivity index (χ2n) is 6.92. The maximum absolute atomic E-state index is 5.84. The van der Waals surface area contributed by atoms with Gasteiger partial charge in [0.05, 0.1) is 20.3 Å². The van der Waals surface area contributed by atoms with E-state index in [1.807, 2.05) is 25.3 Å². The van der Waals surface area contributed by atoms with Gasteiger partial charge >= 0.3 is 0 Å². The van der Waals surface area contributed by atoms with Crippen LogP contribution < -0.4 is 9.47 Å². The van der Waals surface area contributed by atoms with E-state index in [0.29, 0.717) is 12.1 Å². The average Bonchev–Trinajstić information content (AvgIpc) is 2.91. The van der Waals surface area contributed by atoms with E-state index >= 15 is 0 Å². The number of hydrogen-bond donors (Lipinski definition) is 0. The van der Waals surface area contributed by atoms with Gasteiger partial charge in [-0.25, -0.2) is 0 Å². The summed E-state index contributed by atoms with van der Waals surface area (Å²) in [5, 5.41) is 0. The summed E-state index contributed by atoms with van der Waals surface area (Å²) in [4.78, 5) is 5.12. The monoisotopic (exact) mass is 346 g/mol. The van der Waals surface area contributed by atoms with Crippen LogP contribution in [-0.2, 0) is 11.3 Å². The minimum absolute atomic E-state index is 0.282. The molecule has 5 heteroatoms. The van der Waals surface area contributed by atoms with Crippen molar-refractivity contribution in [3.8, 4) is 11.5 Å². The molecule has 0 aromatic heterocycles. The minimum atomic E-state index is 0.282. The standard InChI is InChI=1S/C20H30N2O3/c1-5-10-21-14-18-19(24-3)9-7-16(21)13-22(18)12-15-6-8-17(23-2)11-20(15)25-4/h5-6,8,11,16,18-19H,1,7,9-10,12-14H2,2-4H3/t16-,18+,19-/m0/s1. The van der Waals surface area contributed by atoms with Crippen LogP contribution in [-0.4, -0.2) is 69.0 Å². The van der Waals surface area contributed by atoms with Crippen molar-refractivity contribution >= 4 is 0 Å². The zero-order chi connectivity index (χ0) is 17.8. The van der Waals surface area contributed by atoms with Crippen molar-refractivity contribution in [3.05, 3.63) is 36.4 Å². The lowest BCUT2D eigenvalue weighted by molar-refractivity contribution is -0.0224. The third kappa shape index (κ3) is 3.84. The first-order valence-electron chi connectivity index (χ1n) is 9.02. The molecule has 0 unspecified atom stereocenters. The molecular formula is C20H30N2O3. The fourth-order valence-corrected chi connectivity index (χ4v) is 4.25. The molecule has 0 radical (unpaired) electrons. The molecule has 138 valence electrons. The molecule has 0 spiro atoms. The molecular weight excluding hydrogens is 316 g/mol. The Kier molecular flexibility index (Phi) is 5.99. The lowest BCUT2D eigenvalue weighted by atomic mass is 10.0. The number of fused-ring (bicyclic) bond motifs is 4. The van der Waals surface area contributed by atoms with Crippen LogP contribution >= 0.6 is 0 Å². The maximum Gasteiger partial charge on any atom is 0.127 e. The molecule has 3 fully saturated rings. The van der Waals surface area contributed by atoms with Crippen LogP contribution in [0.3, 0.4) is 0 Å². The third-order valence-corrected chi connectivity index (χ3v) is 5.60. The average molecular weight is 346 g/mol. The highest BCUT2D eigenvalue weighted by atomic mass is 16.5. The van der Waals surface area contributed by atoms with E-state index in [4.69, 9.17) is 14.2 Å². The molecule has 2 bridgehead atoms. The summed E-state index contributed by atoms with van der Waals surface area (Å²) in [6, 6.07) is 7.04. The molecule has 3 heterocycles. The summed E-state index contributed by atoms with van der Waals surface area (Å²) < 4.78 is 16.8. The zero-order valence-electron chi connectivity index (χ0n) is 15.6. The van der Waals surface area contributed by atoms with Gasteiger partial charge in [0.1, 0.15) is 11.5 Å². The summed E-state index contributed by atoms with van der Waals surface area (Å²) in [5.41, 5.74) is 1.20. The predicted octanol–water partition coefficient (Wildman–Crippen LogP) is 2.55. The maximum atomic E-state index is 5.84. The fourth-order valence-electron chi connectivity index (χ4n) is 4.25. The zero-order valence-corrected chi connectivity index (χ0v) is 15.6. The quantitative estimate of drug-likeness (QED) is 0.709. The van der Waals surface area contributed by atoms with E-state index < -0.39 is 0 Å². The lowest BCUT2D eigenvalue weighted by Gasteiger charge is -2.45. The number of benzene rings is 1. The molecule has 0 aliphatic carbocycles. The van der Waals surface area contributed by atoms with Crippen LogP contribution in [0.25, 0.3) is 0 Å². The predicted molar refractivity (Wildman–Crippen MR) is 99.3 cm³/mol. The Morgan fingerprint density at radius 1 is 1.12 bits per heavy atom. The van der Waals surface area contributed by atoms with E-state index in [-0.39, 0.29) is 6.10 Å². The Hall–Kier alpha value is -1.56. The largest absolute Gasteiger partial charge is 0.497 e. The van der Waals surface area contributed by atoms with Crippen molar-refractivity contribution in [2.75, 3.05) is 41.0 Å². The molecule has 3 atom stereocenters. The minimum Gasteiger partial charge on any atom is -0.497 e. The lowest BCUT2D eigenvalue weighted by Crippen LogP contribution is -2.58. The SMILES string of the molecule is C=CCN1C[C@@H]2[C@@H](OC)CC[C@H]1CN2Cc1ccc(OC)cc1OC. The Labute approximate surface area is 151 Å². The second-order valence-corrected chi connectivity index (χ2v) is 6.92. The van der Waals surface area contributed by atoms with Crippen molar-refractivity contribution in [2.24, 2.45) is 0 Å². The molecule has 5 nitrogen and oxygen atoms in total. The Bertz CT molecular complexity index is 592. The van der Waals surface area contributed by atoms with Crippen molar-refractivity contribution in [3.63, 3.8) is 0 Å². The van der Waals surface area contributed by atoms with Crippen molar-refractivity contribution in [2.45, 2.75) is 37.6 Å². The summed E-state index contributed by atoms with van der Waals surface area (Å²) in [5.74, 6) is 1.71. The number of piperazine rings is 1. The van der Waals surface area contributed by atoms with E-state index in [0.717, 1.165) is 44.1 Å². The molecule has 3 saturated heterocycles. The molecule has 3 aliphatic rings. The number of methoxy groups -OCH3 is 3. The van der Waals surface area contributed by atoms with E-state index in [9.17, 15) is 0 Å². The van der Waals surface area contributed by atoms with E-state index in [1.54, 1.807) is 14.2 Å². The molecule has 3 aliphatic heterocycles. The van der Waals surface area contributed by atoms with Crippen molar-refractivity contribution < 1.29 is 14.2 Å². The highest BCUT2D eigenvalue weighted by Gasteiger charge is 2.41. The molecule has 0 amide bonds. The number of ether oxygens (including phenoxy) is 3. The van der Waals surface area contributed by atoms with E-state index in [2.05, 4.69) is 22.4 Å². The van der Waals surface area contributed by atoms with Gasteiger partial charge in [0.15, 0.2) is 0 Å². The summed E-state index contributed by atoms with van der Waals surface area (Å²) in [6.07, 6.45) is 4.60. The molecule has 25 heavy (non-hydrogen) atoms. The molecule has 0 saturated carbocycles. The topological polar surface area (TPSA) is 34.2 Å². The fraction of sp³-hybridized carbons (Fsp3) is 0.600. The summed E-state index contributed by atoms with van der Waals surface area (Å²) in [7, 11) is 5.24. The second kappa shape index (κ2) is 8.21. The van der Waals surface area contributed by atoms with Crippen molar-refractivity contribution in [1.82, 2.24) is 9.80 Å². The normalized spacial score (nSPS) is 27.1.